The highest BCUT2D eigenvalue weighted by atomic mass is 16.3. The Kier molecular flexibility index (Phi) is 3.53. The zero-order valence-electron chi connectivity index (χ0n) is 7.62. The Morgan fingerprint density at radius 2 is 2.33 bits per heavy atom. The first-order chi connectivity index (χ1) is 5.75. The van der Waals surface area contributed by atoms with Crippen molar-refractivity contribution in [1.82, 2.24) is 4.90 Å². The normalized spacial score (nSPS) is 24.2. The van der Waals surface area contributed by atoms with E-state index in [9.17, 15) is 4.79 Å². The van der Waals surface area contributed by atoms with Gasteiger partial charge in [0.2, 0.25) is 5.91 Å². The predicted molar refractivity (Wildman–Crippen MR) is 46.7 cm³/mol. The van der Waals surface area contributed by atoms with E-state index in [4.69, 9.17) is 5.11 Å². The second-order valence-corrected chi connectivity index (χ2v) is 3.37. The minimum Gasteiger partial charge on any atom is -0.396 e. The van der Waals surface area contributed by atoms with E-state index < -0.39 is 0 Å². The lowest BCUT2D eigenvalue weighted by Gasteiger charge is -2.34. The SMILES string of the molecule is CC(=O)N1CCCCC1CCO. The number of hydrogen-bond donors (Lipinski definition) is 1. The molecular weight excluding hydrogens is 154 g/mol. The summed E-state index contributed by atoms with van der Waals surface area (Å²) >= 11 is 0. The minimum absolute atomic E-state index is 0.146. The molecule has 1 N–H and O–H groups in total. The van der Waals surface area contributed by atoms with Crippen LogP contribution in [-0.2, 0) is 4.79 Å². The fourth-order valence-corrected chi connectivity index (χ4v) is 1.86. The summed E-state index contributed by atoms with van der Waals surface area (Å²) in [7, 11) is 0. The van der Waals surface area contributed by atoms with E-state index in [-0.39, 0.29) is 12.5 Å². The Labute approximate surface area is 73.4 Å². The van der Waals surface area contributed by atoms with Crippen LogP contribution in [0.15, 0.2) is 0 Å². The molecular formula is C9H17NO2. The number of aliphatic hydroxyl groups excluding tert-OH is 1. The van der Waals surface area contributed by atoms with Gasteiger partial charge in [-0.1, -0.05) is 0 Å². The third-order valence-electron chi connectivity index (χ3n) is 2.49. The molecule has 1 atom stereocenters. The van der Waals surface area contributed by atoms with E-state index in [1.165, 1.54) is 6.42 Å². The molecule has 3 nitrogen and oxygen atoms in total. The van der Waals surface area contributed by atoms with Crippen molar-refractivity contribution in [2.24, 2.45) is 0 Å². The van der Waals surface area contributed by atoms with Crippen molar-refractivity contribution in [1.29, 1.82) is 0 Å². The largest absolute Gasteiger partial charge is 0.396 e. The summed E-state index contributed by atoms with van der Waals surface area (Å²) in [5, 5.41) is 8.78. The summed E-state index contributed by atoms with van der Waals surface area (Å²) in [6.07, 6.45) is 4.09. The Hall–Kier alpha value is -0.570. The van der Waals surface area contributed by atoms with Crippen LogP contribution >= 0.6 is 0 Å². The predicted octanol–water partition coefficient (Wildman–Crippen LogP) is 0.770. The standard InChI is InChI=1S/C9H17NO2/c1-8(12)10-6-3-2-4-9(10)5-7-11/h9,11H,2-7H2,1H3. The summed E-state index contributed by atoms with van der Waals surface area (Å²) in [5.41, 5.74) is 0. The summed E-state index contributed by atoms with van der Waals surface area (Å²) in [4.78, 5) is 13.0. The molecule has 1 amide bonds. The number of piperidine rings is 1. The fourth-order valence-electron chi connectivity index (χ4n) is 1.86. The molecule has 1 aliphatic heterocycles. The molecule has 70 valence electrons. The van der Waals surface area contributed by atoms with Gasteiger partial charge in [-0.15, -0.1) is 0 Å². The molecule has 0 bridgehead atoms. The maximum atomic E-state index is 11.1. The van der Waals surface area contributed by atoms with Gasteiger partial charge in [0.1, 0.15) is 0 Å². The van der Waals surface area contributed by atoms with Crippen LogP contribution in [0.5, 0.6) is 0 Å². The molecule has 0 aromatic rings. The number of nitrogens with zero attached hydrogens (tertiary/aromatic N) is 1. The zero-order chi connectivity index (χ0) is 8.97. The van der Waals surface area contributed by atoms with Gasteiger partial charge in [0.25, 0.3) is 0 Å². The van der Waals surface area contributed by atoms with Crippen LogP contribution in [-0.4, -0.2) is 35.1 Å². The quantitative estimate of drug-likeness (QED) is 0.666. The topological polar surface area (TPSA) is 40.5 Å². The lowest BCUT2D eigenvalue weighted by molar-refractivity contribution is -0.132. The number of carbonyl (C=O) groups excluding carboxylic acids is 1. The molecule has 0 radical (unpaired) electrons. The van der Waals surface area contributed by atoms with Crippen LogP contribution in [0.2, 0.25) is 0 Å². The number of carbonyl (C=O) groups is 1. The summed E-state index contributed by atoms with van der Waals surface area (Å²) in [5.74, 6) is 0.146. The van der Waals surface area contributed by atoms with Crippen molar-refractivity contribution in [3.63, 3.8) is 0 Å². The van der Waals surface area contributed by atoms with Crippen LogP contribution in [0.1, 0.15) is 32.6 Å². The first-order valence-corrected chi connectivity index (χ1v) is 4.63. The fraction of sp³-hybridized carbons (Fsp3) is 0.889. The van der Waals surface area contributed by atoms with Crippen molar-refractivity contribution in [3.8, 4) is 0 Å². The first kappa shape index (κ1) is 9.52. The van der Waals surface area contributed by atoms with E-state index in [0.29, 0.717) is 6.04 Å². The molecule has 3 heteroatoms. The molecule has 0 saturated carbocycles. The number of amides is 1. The van der Waals surface area contributed by atoms with Crippen molar-refractivity contribution in [3.05, 3.63) is 0 Å². The van der Waals surface area contributed by atoms with Gasteiger partial charge in [0, 0.05) is 26.1 Å². The Balaban J connectivity index is 2.48. The van der Waals surface area contributed by atoms with Crippen LogP contribution in [0.3, 0.4) is 0 Å². The van der Waals surface area contributed by atoms with Gasteiger partial charge in [-0.3, -0.25) is 4.79 Å². The molecule has 0 aromatic heterocycles. The lowest BCUT2D eigenvalue weighted by Crippen LogP contribution is -2.42. The average molecular weight is 171 g/mol. The summed E-state index contributed by atoms with van der Waals surface area (Å²) in [6.45, 7) is 2.67. The minimum atomic E-state index is 0.146. The van der Waals surface area contributed by atoms with Crippen LogP contribution < -0.4 is 0 Å². The molecule has 0 aliphatic carbocycles. The van der Waals surface area contributed by atoms with Gasteiger partial charge in [-0.2, -0.15) is 0 Å². The van der Waals surface area contributed by atoms with Crippen molar-refractivity contribution in [2.75, 3.05) is 13.2 Å². The van der Waals surface area contributed by atoms with Gasteiger partial charge in [0.15, 0.2) is 0 Å². The molecule has 0 spiro atoms. The highest BCUT2D eigenvalue weighted by molar-refractivity contribution is 5.73. The van der Waals surface area contributed by atoms with Gasteiger partial charge >= 0.3 is 0 Å². The maximum Gasteiger partial charge on any atom is 0.219 e. The molecule has 1 fully saturated rings. The number of likely N-dealkylation sites (tertiary alicyclic amines) is 1. The number of aliphatic hydroxyl groups is 1. The van der Waals surface area contributed by atoms with Gasteiger partial charge < -0.3 is 10.0 Å². The van der Waals surface area contributed by atoms with Crippen molar-refractivity contribution in [2.45, 2.75) is 38.6 Å². The molecule has 1 aliphatic rings. The maximum absolute atomic E-state index is 11.1. The van der Waals surface area contributed by atoms with E-state index in [2.05, 4.69) is 0 Å². The second kappa shape index (κ2) is 4.45. The van der Waals surface area contributed by atoms with E-state index in [1.54, 1.807) is 6.92 Å². The molecule has 0 aromatic carbocycles. The van der Waals surface area contributed by atoms with E-state index >= 15 is 0 Å². The van der Waals surface area contributed by atoms with Crippen LogP contribution in [0, 0.1) is 0 Å². The van der Waals surface area contributed by atoms with Gasteiger partial charge in [-0.05, 0) is 25.7 Å². The number of rotatable bonds is 2. The van der Waals surface area contributed by atoms with E-state index in [0.717, 1.165) is 25.8 Å². The van der Waals surface area contributed by atoms with Crippen molar-refractivity contribution >= 4 is 5.91 Å². The highest BCUT2D eigenvalue weighted by Crippen LogP contribution is 2.19. The smallest absolute Gasteiger partial charge is 0.219 e. The third kappa shape index (κ3) is 2.21. The van der Waals surface area contributed by atoms with Crippen LogP contribution in [0.4, 0.5) is 0 Å². The molecule has 1 heterocycles. The summed E-state index contributed by atoms with van der Waals surface area (Å²) in [6, 6.07) is 0.293. The third-order valence-corrected chi connectivity index (χ3v) is 2.49. The lowest BCUT2D eigenvalue weighted by atomic mass is 10.00. The Morgan fingerprint density at radius 1 is 1.58 bits per heavy atom. The second-order valence-electron chi connectivity index (χ2n) is 3.37. The molecule has 12 heavy (non-hydrogen) atoms. The molecule has 1 saturated heterocycles. The Bertz CT molecular complexity index is 157. The highest BCUT2D eigenvalue weighted by Gasteiger charge is 2.23. The van der Waals surface area contributed by atoms with Crippen LogP contribution in [0.25, 0.3) is 0 Å². The Morgan fingerprint density at radius 3 is 2.92 bits per heavy atom. The van der Waals surface area contributed by atoms with E-state index in [1.807, 2.05) is 4.90 Å². The molecule has 1 rings (SSSR count). The van der Waals surface area contributed by atoms with Gasteiger partial charge in [-0.25, -0.2) is 0 Å². The van der Waals surface area contributed by atoms with Gasteiger partial charge in [0.05, 0.1) is 0 Å². The van der Waals surface area contributed by atoms with Crippen molar-refractivity contribution < 1.29 is 9.90 Å². The first-order valence-electron chi connectivity index (χ1n) is 4.63. The number of hydrogen-bond acceptors (Lipinski definition) is 2. The summed E-state index contributed by atoms with van der Waals surface area (Å²) < 4.78 is 0. The molecule has 1 unspecified atom stereocenters. The zero-order valence-corrected chi connectivity index (χ0v) is 7.62. The average Bonchev–Trinajstić information content (AvgIpc) is 2.05. The monoisotopic (exact) mass is 171 g/mol.